The van der Waals surface area contributed by atoms with Gasteiger partial charge in [0, 0.05) is 30.3 Å². The molecule has 2 saturated carbocycles. The summed E-state index contributed by atoms with van der Waals surface area (Å²) < 4.78 is 2.93. The van der Waals surface area contributed by atoms with Crippen molar-refractivity contribution in [3.63, 3.8) is 0 Å². The van der Waals surface area contributed by atoms with Gasteiger partial charge in [-0.1, -0.05) is 75.2 Å². The van der Waals surface area contributed by atoms with Crippen LogP contribution in [0.4, 0.5) is 0 Å². The maximum absolute atomic E-state index is 11.6. The van der Waals surface area contributed by atoms with Gasteiger partial charge in [0.25, 0.3) is 0 Å². The zero-order valence-corrected chi connectivity index (χ0v) is 24.7. The number of nitrogens with zero attached hydrogens (tertiary/aromatic N) is 2. The number of hydrogen-bond donors (Lipinski definition) is 0. The topological polar surface area (TPSA) is 70.8 Å². The van der Waals surface area contributed by atoms with Gasteiger partial charge in [-0.25, -0.2) is 0 Å². The predicted octanol–water partition coefficient (Wildman–Crippen LogP) is 5.73. The zero-order chi connectivity index (χ0) is 20.3. The van der Waals surface area contributed by atoms with Crippen molar-refractivity contribution in [3.05, 3.63) is 53.3 Å². The van der Waals surface area contributed by atoms with Crippen LogP contribution in [0.3, 0.4) is 0 Å². The molecule has 4 rings (SSSR count). The fourth-order valence-corrected chi connectivity index (χ4v) is 4.69. The summed E-state index contributed by atoms with van der Waals surface area (Å²) in [5.41, 5.74) is 1.27. The normalized spacial score (nSPS) is 15.9. The van der Waals surface area contributed by atoms with Crippen LogP contribution in [-0.2, 0) is 19.5 Å². The zero-order valence-electron chi connectivity index (χ0n) is 15.4. The SMILES string of the molecule is [O-]c1c(Br)cc(Br)cc1C=NC1CC1.[O-]c1c(Br)cc(Br)cc1C=NC1CC1.[Zn+2]. The molecule has 4 nitrogen and oxygen atoms in total. The van der Waals surface area contributed by atoms with E-state index in [1.165, 1.54) is 0 Å². The second-order valence-electron chi connectivity index (χ2n) is 6.63. The van der Waals surface area contributed by atoms with Gasteiger partial charge in [-0.15, -0.1) is 0 Å². The summed E-state index contributed by atoms with van der Waals surface area (Å²) in [5, 5.41) is 23.2. The molecule has 148 valence electrons. The summed E-state index contributed by atoms with van der Waals surface area (Å²) in [5.74, 6) is -0.00444. The van der Waals surface area contributed by atoms with Crippen LogP contribution in [0, 0.1) is 0 Å². The minimum atomic E-state index is -0.00222. The third kappa shape index (κ3) is 8.17. The molecule has 0 bridgehead atoms. The maximum Gasteiger partial charge on any atom is 2.00 e. The number of halogens is 4. The Morgan fingerprint density at radius 2 is 1.03 bits per heavy atom. The molecule has 0 spiro atoms. The minimum absolute atomic E-state index is 0. The molecule has 29 heavy (non-hydrogen) atoms. The molecule has 2 aromatic carbocycles. The molecule has 0 aromatic heterocycles. The molecule has 0 unspecified atom stereocenters. The molecule has 0 radical (unpaired) electrons. The van der Waals surface area contributed by atoms with Crippen molar-refractivity contribution in [2.24, 2.45) is 9.98 Å². The van der Waals surface area contributed by atoms with E-state index >= 15 is 0 Å². The van der Waals surface area contributed by atoms with Gasteiger partial charge in [0.15, 0.2) is 0 Å². The molecular weight excluding hydrogens is 685 g/mol. The Labute approximate surface area is 216 Å². The Morgan fingerprint density at radius 3 is 1.34 bits per heavy atom. The van der Waals surface area contributed by atoms with Crippen LogP contribution in [0.25, 0.3) is 0 Å². The molecule has 0 heterocycles. The van der Waals surface area contributed by atoms with Gasteiger partial charge >= 0.3 is 19.5 Å². The molecule has 0 amide bonds. The van der Waals surface area contributed by atoms with Crippen molar-refractivity contribution in [2.45, 2.75) is 37.8 Å². The van der Waals surface area contributed by atoms with Crippen molar-refractivity contribution in [2.75, 3.05) is 0 Å². The predicted molar refractivity (Wildman–Crippen MR) is 124 cm³/mol. The molecule has 0 saturated heterocycles. The number of hydrogen-bond acceptors (Lipinski definition) is 4. The van der Waals surface area contributed by atoms with Crippen LogP contribution in [0.5, 0.6) is 11.5 Å². The Morgan fingerprint density at radius 1 is 0.690 bits per heavy atom. The molecule has 0 aliphatic heterocycles. The first-order chi connectivity index (χ1) is 13.3. The molecular formula is C20H16Br4N2O2Zn. The van der Waals surface area contributed by atoms with Crippen LogP contribution >= 0.6 is 63.7 Å². The molecule has 2 aromatic rings. The fourth-order valence-electron chi connectivity index (χ4n) is 2.17. The smallest absolute Gasteiger partial charge is 0.871 e. The Hall–Kier alpha value is -0.0766. The summed E-state index contributed by atoms with van der Waals surface area (Å²) >= 11 is 13.1. The average Bonchev–Trinajstić information content (AvgIpc) is 3.53. The Bertz CT molecular complexity index is 854. The number of aliphatic imine (C=N–C) groups is 2. The fraction of sp³-hybridized carbons (Fsp3) is 0.300. The van der Waals surface area contributed by atoms with Crippen LogP contribution < -0.4 is 10.2 Å². The molecule has 2 aliphatic rings. The first-order valence-electron chi connectivity index (χ1n) is 8.72. The average molecular weight is 701 g/mol. The third-order valence-corrected chi connectivity index (χ3v) is 6.11. The van der Waals surface area contributed by atoms with E-state index in [9.17, 15) is 10.2 Å². The third-order valence-electron chi connectivity index (χ3n) is 4.02. The van der Waals surface area contributed by atoms with Crippen LogP contribution in [-0.4, -0.2) is 24.5 Å². The van der Waals surface area contributed by atoms with E-state index in [0.717, 1.165) is 34.6 Å². The summed E-state index contributed by atoms with van der Waals surface area (Å²) in [4.78, 5) is 8.56. The van der Waals surface area contributed by atoms with Gasteiger partial charge in [0.2, 0.25) is 0 Å². The Balaban J connectivity index is 0.000000200. The molecule has 9 heteroatoms. The largest absolute Gasteiger partial charge is 2.00 e. The quantitative estimate of drug-likeness (QED) is 0.302. The molecule has 2 fully saturated rings. The maximum atomic E-state index is 11.6. The van der Waals surface area contributed by atoms with E-state index in [4.69, 9.17) is 0 Å². The summed E-state index contributed by atoms with van der Waals surface area (Å²) in [6.07, 6.45) is 7.96. The second kappa shape index (κ2) is 11.5. The van der Waals surface area contributed by atoms with E-state index in [2.05, 4.69) is 73.7 Å². The Kier molecular flexibility index (Phi) is 10.0. The van der Waals surface area contributed by atoms with E-state index in [-0.39, 0.29) is 31.0 Å². The monoisotopic (exact) mass is 696 g/mol. The van der Waals surface area contributed by atoms with Crippen LogP contribution in [0.2, 0.25) is 0 Å². The van der Waals surface area contributed by atoms with E-state index in [1.54, 1.807) is 36.7 Å². The van der Waals surface area contributed by atoms with Crippen molar-refractivity contribution in [1.29, 1.82) is 0 Å². The van der Waals surface area contributed by atoms with Crippen molar-refractivity contribution < 1.29 is 29.7 Å². The van der Waals surface area contributed by atoms with Crippen molar-refractivity contribution in [1.82, 2.24) is 0 Å². The van der Waals surface area contributed by atoms with Gasteiger partial charge in [0.1, 0.15) is 0 Å². The van der Waals surface area contributed by atoms with E-state index < -0.39 is 0 Å². The second-order valence-corrected chi connectivity index (χ2v) is 10.2. The van der Waals surface area contributed by atoms with Gasteiger partial charge in [-0.3, -0.25) is 9.98 Å². The first kappa shape index (κ1) is 25.2. The molecule has 0 N–H and O–H groups in total. The van der Waals surface area contributed by atoms with Gasteiger partial charge in [-0.05, 0) is 61.1 Å². The van der Waals surface area contributed by atoms with E-state index in [1.807, 2.05) is 0 Å². The standard InChI is InChI=1S/2C10H9Br2NO.Zn/c2*11-7-3-6(5-13-8-1-2-8)10(14)9(12)4-7;/h2*3-5,8,14H,1-2H2;/q;;+2/p-2. The van der Waals surface area contributed by atoms with Gasteiger partial charge in [-0.2, -0.15) is 0 Å². The summed E-state index contributed by atoms with van der Waals surface area (Å²) in [6, 6.07) is 7.98. The molecule has 0 atom stereocenters. The van der Waals surface area contributed by atoms with Crippen LogP contribution in [0.1, 0.15) is 36.8 Å². The minimum Gasteiger partial charge on any atom is -0.871 e. The summed E-state index contributed by atoms with van der Waals surface area (Å²) in [6.45, 7) is 0. The van der Waals surface area contributed by atoms with Gasteiger partial charge in [0.05, 0.1) is 12.1 Å². The molecule has 2 aliphatic carbocycles. The number of rotatable bonds is 4. The van der Waals surface area contributed by atoms with Crippen molar-refractivity contribution in [3.8, 4) is 11.5 Å². The first-order valence-corrected chi connectivity index (χ1v) is 11.9. The van der Waals surface area contributed by atoms with Gasteiger partial charge < -0.3 is 10.2 Å². The van der Waals surface area contributed by atoms with Crippen molar-refractivity contribution >= 4 is 76.1 Å². The van der Waals surface area contributed by atoms with Crippen LogP contribution in [0.15, 0.2) is 52.1 Å². The summed E-state index contributed by atoms with van der Waals surface area (Å²) in [7, 11) is 0. The van der Waals surface area contributed by atoms with E-state index in [0.29, 0.717) is 32.2 Å². The number of benzene rings is 2.